The molecule has 2 N–H and O–H groups in total. The van der Waals surface area contributed by atoms with Gasteiger partial charge in [0.1, 0.15) is 12.7 Å². The maximum Gasteiger partial charge on any atom is 0.416 e. The van der Waals surface area contributed by atoms with E-state index in [0.717, 1.165) is 28.9 Å². The predicted octanol–water partition coefficient (Wildman–Crippen LogP) is 4.20. The Morgan fingerprint density at radius 2 is 1.68 bits per heavy atom. The maximum absolute atomic E-state index is 12.6. The summed E-state index contributed by atoms with van der Waals surface area (Å²) in [5.41, 5.74) is 2.15. The Morgan fingerprint density at radius 1 is 1.00 bits per heavy atom. The molecule has 0 saturated carbocycles. The van der Waals surface area contributed by atoms with E-state index < -0.39 is 11.7 Å². The first-order chi connectivity index (χ1) is 14.5. The number of aliphatic imine (C=N–C) groups is 1. The topological polar surface area (TPSA) is 67.1 Å². The molecule has 1 aromatic heterocycles. The molecule has 0 aliphatic heterocycles. The van der Waals surface area contributed by atoms with Crippen LogP contribution in [-0.4, -0.2) is 33.8 Å². The van der Waals surface area contributed by atoms with Gasteiger partial charge in [0.05, 0.1) is 17.8 Å². The zero-order chi connectivity index (χ0) is 21.4. The monoisotopic (exact) mass is 544 g/mol. The highest BCUT2D eigenvalue weighted by Gasteiger charge is 2.29. The molecule has 0 amide bonds. The van der Waals surface area contributed by atoms with E-state index in [-0.39, 0.29) is 24.0 Å². The molecule has 0 unspecified atom stereocenters. The fraction of sp³-hybridized carbons (Fsp3) is 0.286. The number of hydrogen-bond acceptors (Lipinski definition) is 3. The number of aromatic nitrogens is 3. The Hall–Kier alpha value is -2.63. The molecule has 0 spiro atoms. The van der Waals surface area contributed by atoms with Gasteiger partial charge in [-0.05, 0) is 48.7 Å². The van der Waals surface area contributed by atoms with Crippen molar-refractivity contribution in [1.29, 1.82) is 0 Å². The lowest BCUT2D eigenvalue weighted by Crippen LogP contribution is -2.38. The van der Waals surface area contributed by atoms with Gasteiger partial charge in [-0.2, -0.15) is 18.3 Å². The summed E-state index contributed by atoms with van der Waals surface area (Å²) in [5.74, 6) is 0.657. The molecule has 0 aliphatic rings. The van der Waals surface area contributed by atoms with Gasteiger partial charge in [-0.25, -0.2) is 14.7 Å². The smallest absolute Gasteiger partial charge is 0.357 e. The summed E-state index contributed by atoms with van der Waals surface area (Å²) in [6, 6.07) is 13.1. The number of alkyl halides is 3. The first-order valence-corrected chi connectivity index (χ1v) is 9.58. The molecule has 3 rings (SSSR count). The predicted molar refractivity (Wildman–Crippen MR) is 125 cm³/mol. The molecule has 0 bridgehead atoms. The van der Waals surface area contributed by atoms with Crippen LogP contribution in [-0.2, 0) is 19.1 Å². The second-order valence-corrected chi connectivity index (χ2v) is 6.57. The van der Waals surface area contributed by atoms with E-state index in [2.05, 4.69) is 25.7 Å². The average molecular weight is 544 g/mol. The molecule has 0 atom stereocenters. The number of halogens is 4. The summed E-state index contributed by atoms with van der Waals surface area (Å²) in [4.78, 5) is 8.49. The molecule has 1 heterocycles. The average Bonchev–Trinajstić information content (AvgIpc) is 3.27. The van der Waals surface area contributed by atoms with Crippen LogP contribution in [0.25, 0.3) is 5.69 Å². The summed E-state index contributed by atoms with van der Waals surface area (Å²) < 4.78 is 39.6. The highest BCUT2D eigenvalue weighted by atomic mass is 127. The molecule has 0 aliphatic carbocycles. The van der Waals surface area contributed by atoms with Gasteiger partial charge in [-0.15, -0.1) is 24.0 Å². The third-order valence-electron chi connectivity index (χ3n) is 4.37. The maximum atomic E-state index is 12.6. The van der Waals surface area contributed by atoms with Gasteiger partial charge >= 0.3 is 6.18 Å². The molecule has 31 heavy (non-hydrogen) atoms. The first-order valence-electron chi connectivity index (χ1n) is 9.58. The van der Waals surface area contributed by atoms with E-state index in [1.807, 2.05) is 31.2 Å². The SMILES string of the molecule is CCNC(=NCc1ccc(-n2cncn2)cc1)NCCc1ccc(C(F)(F)F)cc1.I. The number of nitrogens with one attached hydrogen (secondary N) is 2. The van der Waals surface area contributed by atoms with Crippen LogP contribution in [0.3, 0.4) is 0 Å². The molecule has 10 heteroatoms. The molecule has 0 fully saturated rings. The quantitative estimate of drug-likeness (QED) is 0.266. The van der Waals surface area contributed by atoms with Gasteiger partial charge < -0.3 is 10.6 Å². The van der Waals surface area contributed by atoms with Crippen molar-refractivity contribution in [2.45, 2.75) is 26.1 Å². The minimum absolute atomic E-state index is 0. The van der Waals surface area contributed by atoms with Crippen LogP contribution in [0, 0.1) is 0 Å². The Balaban J connectivity index is 0.00000341. The van der Waals surface area contributed by atoms with E-state index in [0.29, 0.717) is 32.0 Å². The highest BCUT2D eigenvalue weighted by molar-refractivity contribution is 14.0. The lowest BCUT2D eigenvalue weighted by molar-refractivity contribution is -0.137. The van der Waals surface area contributed by atoms with Crippen molar-refractivity contribution in [2.75, 3.05) is 13.1 Å². The van der Waals surface area contributed by atoms with E-state index in [9.17, 15) is 13.2 Å². The Morgan fingerprint density at radius 3 is 2.26 bits per heavy atom. The van der Waals surface area contributed by atoms with Gasteiger partial charge in [0, 0.05) is 13.1 Å². The molecular formula is C21H24F3IN6. The minimum atomic E-state index is -4.31. The van der Waals surface area contributed by atoms with Crippen molar-refractivity contribution >= 4 is 29.9 Å². The summed E-state index contributed by atoms with van der Waals surface area (Å²) in [7, 11) is 0. The van der Waals surface area contributed by atoms with Crippen molar-refractivity contribution in [3.8, 4) is 5.69 Å². The zero-order valence-electron chi connectivity index (χ0n) is 16.9. The zero-order valence-corrected chi connectivity index (χ0v) is 19.3. The fourth-order valence-corrected chi connectivity index (χ4v) is 2.79. The van der Waals surface area contributed by atoms with Crippen molar-refractivity contribution in [3.63, 3.8) is 0 Å². The Labute approximate surface area is 196 Å². The minimum Gasteiger partial charge on any atom is -0.357 e. The second kappa shape index (κ2) is 11.7. The van der Waals surface area contributed by atoms with Crippen molar-refractivity contribution in [2.24, 2.45) is 4.99 Å². The van der Waals surface area contributed by atoms with Crippen molar-refractivity contribution < 1.29 is 13.2 Å². The molecule has 6 nitrogen and oxygen atoms in total. The van der Waals surface area contributed by atoms with Gasteiger partial charge in [-0.3, -0.25) is 0 Å². The van der Waals surface area contributed by atoms with Gasteiger partial charge in [-0.1, -0.05) is 24.3 Å². The number of rotatable bonds is 7. The largest absolute Gasteiger partial charge is 0.416 e. The van der Waals surface area contributed by atoms with Crippen LogP contribution >= 0.6 is 24.0 Å². The van der Waals surface area contributed by atoms with Crippen LogP contribution in [0.15, 0.2) is 66.2 Å². The summed E-state index contributed by atoms with van der Waals surface area (Å²) in [6.45, 7) is 3.73. The number of nitrogens with zero attached hydrogens (tertiary/aromatic N) is 4. The van der Waals surface area contributed by atoms with Crippen molar-refractivity contribution in [1.82, 2.24) is 25.4 Å². The van der Waals surface area contributed by atoms with Crippen LogP contribution in [0.2, 0.25) is 0 Å². The molecule has 2 aromatic carbocycles. The normalized spacial score (nSPS) is 11.7. The summed E-state index contributed by atoms with van der Waals surface area (Å²) in [5, 5.41) is 10.5. The van der Waals surface area contributed by atoms with E-state index >= 15 is 0 Å². The lowest BCUT2D eigenvalue weighted by Gasteiger charge is -2.12. The summed E-state index contributed by atoms with van der Waals surface area (Å²) in [6.07, 6.45) is -0.599. The number of hydrogen-bond donors (Lipinski definition) is 2. The lowest BCUT2D eigenvalue weighted by atomic mass is 10.1. The van der Waals surface area contributed by atoms with E-state index in [1.165, 1.54) is 18.5 Å². The second-order valence-electron chi connectivity index (χ2n) is 6.57. The van der Waals surface area contributed by atoms with Crippen LogP contribution < -0.4 is 10.6 Å². The number of guanidine groups is 1. The summed E-state index contributed by atoms with van der Waals surface area (Å²) >= 11 is 0. The van der Waals surface area contributed by atoms with Crippen molar-refractivity contribution in [3.05, 3.63) is 77.9 Å². The third-order valence-corrected chi connectivity index (χ3v) is 4.37. The molecule has 166 valence electrons. The van der Waals surface area contributed by atoms with Gasteiger partial charge in [0.25, 0.3) is 0 Å². The van der Waals surface area contributed by atoms with Gasteiger partial charge in [0.15, 0.2) is 5.96 Å². The van der Waals surface area contributed by atoms with E-state index in [4.69, 9.17) is 0 Å². The van der Waals surface area contributed by atoms with Crippen LogP contribution in [0.4, 0.5) is 13.2 Å². The fourth-order valence-electron chi connectivity index (χ4n) is 2.79. The molecule has 0 saturated heterocycles. The highest BCUT2D eigenvalue weighted by Crippen LogP contribution is 2.29. The standard InChI is InChI=1S/C21H23F3N6.HI/c1-2-26-20(27-12-11-16-3-7-18(8-4-16)21(22,23)24)28-13-17-5-9-19(10-6-17)30-15-25-14-29-30;/h3-10,14-15H,2,11-13H2,1H3,(H2,26,27,28);1H. The molecule has 0 radical (unpaired) electrons. The third kappa shape index (κ3) is 7.53. The van der Waals surface area contributed by atoms with Gasteiger partial charge in [0.2, 0.25) is 0 Å². The van der Waals surface area contributed by atoms with Crippen LogP contribution in [0.1, 0.15) is 23.6 Å². The number of benzene rings is 2. The van der Waals surface area contributed by atoms with Crippen LogP contribution in [0.5, 0.6) is 0 Å². The first kappa shape index (κ1) is 24.6. The Bertz CT molecular complexity index is 939. The molecular weight excluding hydrogens is 520 g/mol. The molecule has 3 aromatic rings. The van der Waals surface area contributed by atoms with E-state index in [1.54, 1.807) is 11.0 Å². The Kier molecular flexibility index (Phi) is 9.28.